The summed E-state index contributed by atoms with van der Waals surface area (Å²) in [7, 11) is 2.14. The van der Waals surface area contributed by atoms with Gasteiger partial charge < -0.3 is 10.2 Å². The van der Waals surface area contributed by atoms with E-state index >= 15 is 0 Å². The maximum absolute atomic E-state index is 14.0. The van der Waals surface area contributed by atoms with E-state index in [2.05, 4.69) is 45.0 Å². The van der Waals surface area contributed by atoms with Crippen molar-refractivity contribution in [1.82, 2.24) is 10.2 Å². The number of benzene rings is 1. The summed E-state index contributed by atoms with van der Waals surface area (Å²) in [6, 6.07) is 7.16. The van der Waals surface area contributed by atoms with Gasteiger partial charge in [-0.15, -0.1) is 0 Å². The van der Waals surface area contributed by atoms with Crippen molar-refractivity contribution < 1.29 is 4.39 Å². The molecular formula is C17H29FN2. The first-order chi connectivity index (χ1) is 9.45. The van der Waals surface area contributed by atoms with E-state index in [0.717, 1.165) is 25.2 Å². The first-order valence-electron chi connectivity index (χ1n) is 7.62. The first kappa shape index (κ1) is 17.1. The zero-order valence-corrected chi connectivity index (χ0v) is 13.5. The van der Waals surface area contributed by atoms with E-state index in [4.69, 9.17) is 0 Å². The summed E-state index contributed by atoms with van der Waals surface area (Å²) in [4.78, 5) is 2.33. The Labute approximate surface area is 123 Å². The zero-order chi connectivity index (χ0) is 15.1. The Hall–Kier alpha value is -0.930. The number of rotatable bonds is 8. The normalized spacial score (nSPS) is 14.8. The van der Waals surface area contributed by atoms with Crippen molar-refractivity contribution in [2.24, 2.45) is 11.8 Å². The zero-order valence-electron chi connectivity index (χ0n) is 13.5. The third kappa shape index (κ3) is 5.22. The van der Waals surface area contributed by atoms with Crippen LogP contribution in [0.3, 0.4) is 0 Å². The van der Waals surface area contributed by atoms with Crippen molar-refractivity contribution in [3.05, 3.63) is 35.6 Å². The molecule has 3 heteroatoms. The summed E-state index contributed by atoms with van der Waals surface area (Å²) >= 11 is 0. The Balaban J connectivity index is 2.78. The first-order valence-corrected chi connectivity index (χ1v) is 7.62. The second-order valence-corrected chi connectivity index (χ2v) is 6.15. The summed E-state index contributed by atoms with van der Waals surface area (Å²) in [5.41, 5.74) is 0.778. The summed E-state index contributed by atoms with van der Waals surface area (Å²) in [5, 5.41) is 3.43. The van der Waals surface area contributed by atoms with E-state index in [0.29, 0.717) is 11.8 Å². The minimum Gasteiger partial charge on any atom is -0.310 e. The van der Waals surface area contributed by atoms with Crippen LogP contribution in [0.4, 0.5) is 4.39 Å². The van der Waals surface area contributed by atoms with Crippen LogP contribution in [0.1, 0.15) is 39.3 Å². The molecular weight excluding hydrogens is 251 g/mol. The van der Waals surface area contributed by atoms with Gasteiger partial charge in [-0.1, -0.05) is 45.9 Å². The number of nitrogens with zero attached hydrogens (tertiary/aromatic N) is 1. The lowest BCUT2D eigenvalue weighted by molar-refractivity contribution is 0.226. The Morgan fingerprint density at radius 2 is 1.80 bits per heavy atom. The minimum absolute atomic E-state index is 0.0656. The lowest BCUT2D eigenvalue weighted by atomic mass is 9.93. The fraction of sp³-hybridized carbons (Fsp3) is 0.647. The van der Waals surface area contributed by atoms with Crippen molar-refractivity contribution in [1.29, 1.82) is 0 Å². The molecule has 0 aliphatic carbocycles. The molecule has 0 radical (unpaired) electrons. The highest BCUT2D eigenvalue weighted by Crippen LogP contribution is 2.25. The molecule has 0 spiro atoms. The summed E-state index contributed by atoms with van der Waals surface area (Å²) in [6.07, 6.45) is 0. The van der Waals surface area contributed by atoms with Gasteiger partial charge in [-0.05, 0) is 31.5 Å². The van der Waals surface area contributed by atoms with Gasteiger partial charge in [0.1, 0.15) is 5.82 Å². The average molecular weight is 280 g/mol. The van der Waals surface area contributed by atoms with Gasteiger partial charge in [0.15, 0.2) is 0 Å². The van der Waals surface area contributed by atoms with Gasteiger partial charge in [0.2, 0.25) is 0 Å². The van der Waals surface area contributed by atoms with E-state index in [1.165, 1.54) is 0 Å². The van der Waals surface area contributed by atoms with Crippen molar-refractivity contribution in [2.45, 2.75) is 33.7 Å². The van der Waals surface area contributed by atoms with E-state index in [1.54, 1.807) is 12.1 Å². The van der Waals surface area contributed by atoms with Crippen molar-refractivity contribution in [3.8, 4) is 0 Å². The molecule has 0 aromatic heterocycles. The van der Waals surface area contributed by atoms with Gasteiger partial charge in [0.05, 0.1) is 0 Å². The molecule has 0 saturated carbocycles. The highest BCUT2D eigenvalue weighted by Gasteiger charge is 2.22. The maximum atomic E-state index is 14.0. The molecule has 114 valence electrons. The molecule has 0 amide bonds. The Kier molecular flexibility index (Phi) is 7.17. The lowest BCUT2D eigenvalue weighted by Crippen LogP contribution is -2.36. The number of hydrogen-bond acceptors (Lipinski definition) is 2. The topological polar surface area (TPSA) is 15.3 Å². The Morgan fingerprint density at radius 1 is 1.15 bits per heavy atom. The molecule has 2 atom stereocenters. The van der Waals surface area contributed by atoms with Crippen LogP contribution < -0.4 is 5.32 Å². The number of hydrogen-bond donors (Lipinski definition) is 1. The molecule has 1 rings (SSSR count). The molecule has 2 unspecified atom stereocenters. The molecule has 1 aromatic rings. The van der Waals surface area contributed by atoms with Crippen LogP contribution in [0.25, 0.3) is 0 Å². The van der Waals surface area contributed by atoms with Crippen LogP contribution in [0.2, 0.25) is 0 Å². The fourth-order valence-electron chi connectivity index (χ4n) is 2.86. The quantitative estimate of drug-likeness (QED) is 0.781. The highest BCUT2D eigenvalue weighted by molar-refractivity contribution is 5.22. The van der Waals surface area contributed by atoms with Crippen molar-refractivity contribution in [2.75, 3.05) is 26.7 Å². The average Bonchev–Trinajstić information content (AvgIpc) is 2.35. The van der Waals surface area contributed by atoms with Crippen LogP contribution in [-0.2, 0) is 0 Å². The van der Waals surface area contributed by atoms with E-state index in [1.807, 2.05) is 12.1 Å². The van der Waals surface area contributed by atoms with Crippen molar-refractivity contribution >= 4 is 0 Å². The molecule has 0 heterocycles. The van der Waals surface area contributed by atoms with E-state index < -0.39 is 0 Å². The van der Waals surface area contributed by atoms with Gasteiger partial charge in [-0.25, -0.2) is 4.39 Å². The van der Waals surface area contributed by atoms with Crippen LogP contribution in [-0.4, -0.2) is 31.6 Å². The molecule has 0 fully saturated rings. The molecule has 0 bridgehead atoms. The van der Waals surface area contributed by atoms with E-state index in [-0.39, 0.29) is 11.9 Å². The molecule has 0 saturated heterocycles. The van der Waals surface area contributed by atoms with E-state index in [9.17, 15) is 4.39 Å². The van der Waals surface area contributed by atoms with Crippen molar-refractivity contribution in [3.63, 3.8) is 0 Å². The molecule has 2 nitrogen and oxygen atoms in total. The SMILES string of the molecule is CCNC(c1ccccc1F)C(C)CN(C)CC(C)C. The van der Waals surface area contributed by atoms with Gasteiger partial charge in [-0.2, -0.15) is 0 Å². The third-order valence-electron chi connectivity index (χ3n) is 3.51. The summed E-state index contributed by atoms with van der Waals surface area (Å²) < 4.78 is 14.0. The second-order valence-electron chi connectivity index (χ2n) is 6.15. The third-order valence-corrected chi connectivity index (χ3v) is 3.51. The monoisotopic (exact) mass is 280 g/mol. The van der Waals surface area contributed by atoms with Crippen LogP contribution in [0.15, 0.2) is 24.3 Å². The van der Waals surface area contributed by atoms with Gasteiger partial charge in [0.25, 0.3) is 0 Å². The smallest absolute Gasteiger partial charge is 0.127 e. The minimum atomic E-state index is -0.114. The highest BCUT2D eigenvalue weighted by atomic mass is 19.1. The number of halogens is 1. The summed E-state index contributed by atoms with van der Waals surface area (Å²) in [5.74, 6) is 0.894. The second kappa shape index (κ2) is 8.38. The molecule has 20 heavy (non-hydrogen) atoms. The molecule has 1 N–H and O–H groups in total. The Bertz CT molecular complexity index is 392. The molecule has 0 aliphatic rings. The Morgan fingerprint density at radius 3 is 2.35 bits per heavy atom. The predicted octanol–water partition coefficient (Wildman–Crippen LogP) is 3.70. The van der Waals surface area contributed by atoms with Gasteiger partial charge in [0, 0.05) is 24.7 Å². The van der Waals surface area contributed by atoms with Gasteiger partial charge >= 0.3 is 0 Å². The molecule has 1 aromatic carbocycles. The fourth-order valence-corrected chi connectivity index (χ4v) is 2.86. The van der Waals surface area contributed by atoms with Crippen LogP contribution in [0, 0.1) is 17.7 Å². The molecule has 0 aliphatic heterocycles. The lowest BCUT2D eigenvalue weighted by Gasteiger charge is -2.30. The van der Waals surface area contributed by atoms with Crippen LogP contribution >= 0.6 is 0 Å². The number of nitrogens with one attached hydrogen (secondary N) is 1. The largest absolute Gasteiger partial charge is 0.310 e. The standard InChI is InChI=1S/C17H29FN2/c1-6-19-17(15-9-7-8-10-16(15)18)14(4)12-20(5)11-13(2)3/h7-10,13-14,17,19H,6,11-12H2,1-5H3. The van der Waals surface area contributed by atoms with Gasteiger partial charge in [-0.3, -0.25) is 0 Å². The maximum Gasteiger partial charge on any atom is 0.127 e. The summed E-state index contributed by atoms with van der Waals surface area (Å²) in [6.45, 7) is 11.6. The predicted molar refractivity (Wildman–Crippen MR) is 84.3 cm³/mol. The van der Waals surface area contributed by atoms with Crippen LogP contribution in [0.5, 0.6) is 0 Å².